The number of aromatic nitrogens is 2. The third-order valence-electron chi connectivity index (χ3n) is 3.18. The summed E-state index contributed by atoms with van der Waals surface area (Å²) in [7, 11) is 0. The van der Waals surface area contributed by atoms with Gasteiger partial charge >= 0.3 is 0 Å². The Hall–Kier alpha value is -2.14. The largest absolute Gasteiger partial charge is 0.351 e. The molecule has 0 bridgehead atoms. The SMILES string of the molecule is Cc1nc(C)c(CNC(=O)c2cc3ccccc3[nH]2)s1. The highest BCUT2D eigenvalue weighted by molar-refractivity contribution is 7.11. The van der Waals surface area contributed by atoms with Crippen LogP contribution in [-0.4, -0.2) is 15.9 Å². The van der Waals surface area contributed by atoms with Crippen LogP contribution in [0.1, 0.15) is 26.1 Å². The second-order valence-electron chi connectivity index (χ2n) is 4.69. The highest BCUT2D eigenvalue weighted by Crippen LogP contribution is 2.17. The predicted octanol–water partition coefficient (Wildman–Crippen LogP) is 3.17. The molecule has 0 aliphatic carbocycles. The van der Waals surface area contributed by atoms with E-state index in [2.05, 4.69) is 15.3 Å². The summed E-state index contributed by atoms with van der Waals surface area (Å²) in [5, 5.41) is 5.00. The Labute approximate surface area is 120 Å². The van der Waals surface area contributed by atoms with Gasteiger partial charge in [0.2, 0.25) is 0 Å². The van der Waals surface area contributed by atoms with E-state index in [4.69, 9.17) is 0 Å². The summed E-state index contributed by atoms with van der Waals surface area (Å²) in [5.74, 6) is -0.0911. The number of carbonyl (C=O) groups excluding carboxylic acids is 1. The third kappa shape index (κ3) is 2.44. The predicted molar refractivity (Wildman–Crippen MR) is 81.1 cm³/mol. The highest BCUT2D eigenvalue weighted by Gasteiger charge is 2.11. The number of H-pyrrole nitrogens is 1. The van der Waals surface area contributed by atoms with Gasteiger partial charge in [-0.3, -0.25) is 4.79 Å². The lowest BCUT2D eigenvalue weighted by molar-refractivity contribution is 0.0947. The molecule has 0 saturated heterocycles. The number of hydrogen-bond acceptors (Lipinski definition) is 3. The van der Waals surface area contributed by atoms with Gasteiger partial charge in [-0.2, -0.15) is 0 Å². The van der Waals surface area contributed by atoms with Gasteiger partial charge in [-0.1, -0.05) is 18.2 Å². The quantitative estimate of drug-likeness (QED) is 0.776. The van der Waals surface area contributed by atoms with Crippen LogP contribution in [0.4, 0.5) is 0 Å². The number of amides is 1. The molecular formula is C15H15N3OS. The number of fused-ring (bicyclic) bond motifs is 1. The van der Waals surface area contributed by atoms with E-state index in [1.807, 2.05) is 44.2 Å². The van der Waals surface area contributed by atoms with Crippen molar-refractivity contribution in [3.05, 3.63) is 51.6 Å². The fraction of sp³-hybridized carbons (Fsp3) is 0.200. The number of nitrogens with zero attached hydrogens (tertiary/aromatic N) is 1. The number of aryl methyl sites for hydroxylation is 2. The minimum atomic E-state index is -0.0911. The summed E-state index contributed by atoms with van der Waals surface area (Å²) in [5.41, 5.74) is 2.55. The maximum Gasteiger partial charge on any atom is 0.268 e. The lowest BCUT2D eigenvalue weighted by Crippen LogP contribution is -2.22. The van der Waals surface area contributed by atoms with Crippen molar-refractivity contribution in [3.63, 3.8) is 0 Å². The molecule has 0 spiro atoms. The van der Waals surface area contributed by atoms with Gasteiger partial charge in [0.1, 0.15) is 5.69 Å². The molecule has 1 aromatic carbocycles. The van der Waals surface area contributed by atoms with E-state index in [1.54, 1.807) is 11.3 Å². The van der Waals surface area contributed by atoms with Crippen LogP contribution in [0.3, 0.4) is 0 Å². The molecule has 5 heteroatoms. The minimum Gasteiger partial charge on any atom is -0.351 e. The monoisotopic (exact) mass is 285 g/mol. The van der Waals surface area contributed by atoms with Crippen LogP contribution in [0.15, 0.2) is 30.3 Å². The van der Waals surface area contributed by atoms with Crippen molar-refractivity contribution in [2.45, 2.75) is 20.4 Å². The lowest BCUT2D eigenvalue weighted by Gasteiger charge is -2.02. The fourth-order valence-corrected chi connectivity index (χ4v) is 3.07. The molecular weight excluding hydrogens is 270 g/mol. The Morgan fingerprint density at radius 3 is 2.85 bits per heavy atom. The van der Waals surface area contributed by atoms with Crippen LogP contribution in [0.5, 0.6) is 0 Å². The Kier molecular flexibility index (Phi) is 3.28. The van der Waals surface area contributed by atoms with Gasteiger partial charge in [-0.25, -0.2) is 4.98 Å². The van der Waals surface area contributed by atoms with Gasteiger partial charge in [-0.05, 0) is 26.0 Å². The van der Waals surface area contributed by atoms with Crippen LogP contribution < -0.4 is 5.32 Å². The Morgan fingerprint density at radius 2 is 2.15 bits per heavy atom. The van der Waals surface area contributed by atoms with E-state index >= 15 is 0 Å². The smallest absolute Gasteiger partial charge is 0.268 e. The fourth-order valence-electron chi connectivity index (χ4n) is 2.19. The zero-order chi connectivity index (χ0) is 14.1. The van der Waals surface area contributed by atoms with Crippen LogP contribution in [0, 0.1) is 13.8 Å². The van der Waals surface area contributed by atoms with Crippen molar-refractivity contribution in [2.24, 2.45) is 0 Å². The number of rotatable bonds is 3. The van der Waals surface area contributed by atoms with E-state index in [0.717, 1.165) is 26.5 Å². The van der Waals surface area contributed by atoms with Crippen molar-refractivity contribution >= 4 is 28.1 Å². The van der Waals surface area contributed by atoms with E-state index in [9.17, 15) is 4.79 Å². The van der Waals surface area contributed by atoms with Gasteiger partial charge in [0.25, 0.3) is 5.91 Å². The molecule has 0 aliphatic rings. The summed E-state index contributed by atoms with van der Waals surface area (Å²) in [4.78, 5) is 20.7. The van der Waals surface area contributed by atoms with Crippen molar-refractivity contribution < 1.29 is 4.79 Å². The van der Waals surface area contributed by atoms with Crippen LogP contribution in [0.25, 0.3) is 10.9 Å². The highest BCUT2D eigenvalue weighted by atomic mass is 32.1. The molecule has 3 aromatic rings. The molecule has 2 heterocycles. The molecule has 2 aromatic heterocycles. The summed E-state index contributed by atoms with van der Waals surface area (Å²) >= 11 is 1.62. The molecule has 1 amide bonds. The maximum atomic E-state index is 12.1. The van der Waals surface area contributed by atoms with Gasteiger partial charge in [-0.15, -0.1) is 11.3 Å². The van der Waals surface area contributed by atoms with Crippen LogP contribution in [0.2, 0.25) is 0 Å². The molecule has 20 heavy (non-hydrogen) atoms. The zero-order valence-corrected chi connectivity index (χ0v) is 12.2. The first-order valence-electron chi connectivity index (χ1n) is 6.42. The normalized spacial score (nSPS) is 10.9. The van der Waals surface area contributed by atoms with Crippen molar-refractivity contribution in [1.82, 2.24) is 15.3 Å². The first-order valence-corrected chi connectivity index (χ1v) is 7.24. The van der Waals surface area contributed by atoms with Gasteiger partial charge < -0.3 is 10.3 Å². The second kappa shape index (κ2) is 5.09. The molecule has 2 N–H and O–H groups in total. The Bertz CT molecular complexity index is 739. The minimum absolute atomic E-state index is 0.0911. The van der Waals surface area contributed by atoms with Crippen LogP contribution in [-0.2, 0) is 6.54 Å². The number of nitrogens with one attached hydrogen (secondary N) is 2. The molecule has 0 unspecified atom stereocenters. The number of benzene rings is 1. The van der Waals surface area contributed by atoms with E-state index in [0.29, 0.717) is 12.2 Å². The molecule has 0 fully saturated rings. The number of aromatic amines is 1. The van der Waals surface area contributed by atoms with E-state index < -0.39 is 0 Å². The first kappa shape index (κ1) is 12.9. The van der Waals surface area contributed by atoms with Crippen molar-refractivity contribution in [1.29, 1.82) is 0 Å². The molecule has 0 aliphatic heterocycles. The third-order valence-corrected chi connectivity index (χ3v) is 4.26. The average molecular weight is 285 g/mol. The maximum absolute atomic E-state index is 12.1. The number of para-hydroxylation sites is 1. The molecule has 0 saturated carbocycles. The summed E-state index contributed by atoms with van der Waals surface area (Å²) in [6.45, 7) is 4.46. The standard InChI is InChI=1S/C15H15N3OS/c1-9-14(20-10(2)17-9)8-16-15(19)13-7-11-5-3-4-6-12(11)18-13/h3-7,18H,8H2,1-2H3,(H,16,19). The van der Waals surface area contributed by atoms with Crippen molar-refractivity contribution in [3.8, 4) is 0 Å². The van der Waals surface area contributed by atoms with Gasteiger partial charge in [0, 0.05) is 15.8 Å². The Balaban J connectivity index is 1.74. The molecule has 4 nitrogen and oxygen atoms in total. The Morgan fingerprint density at radius 1 is 1.35 bits per heavy atom. The first-order chi connectivity index (χ1) is 9.63. The lowest BCUT2D eigenvalue weighted by atomic mass is 10.2. The van der Waals surface area contributed by atoms with Gasteiger partial charge in [0.05, 0.1) is 17.2 Å². The van der Waals surface area contributed by atoms with E-state index in [1.165, 1.54) is 0 Å². The topological polar surface area (TPSA) is 57.8 Å². The number of thiazole rings is 1. The number of hydrogen-bond donors (Lipinski definition) is 2. The van der Waals surface area contributed by atoms with E-state index in [-0.39, 0.29) is 5.91 Å². The zero-order valence-electron chi connectivity index (χ0n) is 11.4. The van der Waals surface area contributed by atoms with Gasteiger partial charge in [0.15, 0.2) is 0 Å². The van der Waals surface area contributed by atoms with Crippen molar-refractivity contribution in [2.75, 3.05) is 0 Å². The molecule has 102 valence electrons. The summed E-state index contributed by atoms with van der Waals surface area (Å²) in [6.07, 6.45) is 0. The molecule has 0 radical (unpaired) electrons. The number of carbonyl (C=O) groups is 1. The summed E-state index contributed by atoms with van der Waals surface area (Å²) < 4.78 is 0. The molecule has 0 atom stereocenters. The molecule has 3 rings (SSSR count). The second-order valence-corrected chi connectivity index (χ2v) is 5.98. The summed E-state index contributed by atoms with van der Waals surface area (Å²) in [6, 6.07) is 9.73. The van der Waals surface area contributed by atoms with Crippen LogP contribution >= 0.6 is 11.3 Å². The average Bonchev–Trinajstić information content (AvgIpc) is 2.99.